The molecule has 88 heavy (non-hydrogen) atoms. The number of quaternary nitrogens is 1. The second-order valence-electron chi connectivity index (χ2n) is 25.4. The van der Waals surface area contributed by atoms with Crippen molar-refractivity contribution in [2.45, 2.75) is 322 Å². The summed E-state index contributed by atoms with van der Waals surface area (Å²) in [6.07, 6.45) is 93.2. The van der Waals surface area contributed by atoms with Crippen LogP contribution in [0.15, 0.2) is 122 Å². The first-order valence-corrected chi connectivity index (χ1v) is 37.8. The molecule has 0 aliphatic heterocycles. The van der Waals surface area contributed by atoms with Crippen LogP contribution >= 0.6 is 7.82 Å². The number of esters is 1. The van der Waals surface area contributed by atoms with Crippen LogP contribution in [0.1, 0.15) is 310 Å². The molecule has 3 unspecified atom stereocenters. The molecule has 0 aromatic heterocycles. The Morgan fingerprint density at radius 1 is 0.409 bits per heavy atom. The van der Waals surface area contributed by atoms with Crippen molar-refractivity contribution in [1.82, 2.24) is 5.32 Å². The SMILES string of the molecule is CC/C=C\C/C=C\C/C=C\C/C=C\C/C=C\CCCCCCCCCCCCCC(=O)NC(COP(=O)([O-])OCC[N+](C)(C)C)C(/C=C\CCCCCCCCCCCC)OC(=O)CCCCCCCCC/C=C\C/C=C\C/C=C\C/C=C\CCCCC. The molecule has 1 N–H and O–H groups in total. The lowest BCUT2D eigenvalue weighted by atomic mass is 10.0. The molecule has 0 saturated heterocycles. The molecule has 1 amide bonds. The third kappa shape index (κ3) is 66.8. The molecule has 0 spiro atoms. The van der Waals surface area contributed by atoms with Gasteiger partial charge in [-0.15, -0.1) is 0 Å². The van der Waals surface area contributed by atoms with E-state index < -0.39 is 26.6 Å². The second kappa shape index (κ2) is 66.3. The third-order valence-electron chi connectivity index (χ3n) is 15.6. The van der Waals surface area contributed by atoms with Crippen molar-refractivity contribution in [3.63, 3.8) is 0 Å². The number of amides is 1. The van der Waals surface area contributed by atoms with Crippen molar-refractivity contribution in [3.8, 4) is 0 Å². The highest BCUT2D eigenvalue weighted by molar-refractivity contribution is 7.45. The maximum atomic E-state index is 13.6. The largest absolute Gasteiger partial charge is 0.756 e. The molecular formula is C78H137N2O7P. The summed E-state index contributed by atoms with van der Waals surface area (Å²) >= 11 is 0. The predicted molar refractivity (Wildman–Crippen MR) is 380 cm³/mol. The van der Waals surface area contributed by atoms with E-state index in [0.29, 0.717) is 23.9 Å². The van der Waals surface area contributed by atoms with E-state index in [4.69, 9.17) is 13.8 Å². The van der Waals surface area contributed by atoms with E-state index in [2.05, 4.69) is 135 Å². The lowest BCUT2D eigenvalue weighted by molar-refractivity contribution is -0.870. The molecule has 0 aromatic rings. The number of phosphoric acid groups is 1. The number of nitrogens with one attached hydrogen (secondary N) is 1. The summed E-state index contributed by atoms with van der Waals surface area (Å²) in [6, 6.07) is -0.904. The van der Waals surface area contributed by atoms with Gasteiger partial charge in [0, 0.05) is 12.8 Å². The zero-order valence-corrected chi connectivity index (χ0v) is 58.8. The Bertz CT molecular complexity index is 1920. The van der Waals surface area contributed by atoms with Gasteiger partial charge in [0.1, 0.15) is 19.3 Å². The van der Waals surface area contributed by atoms with E-state index in [1.54, 1.807) is 0 Å². The van der Waals surface area contributed by atoms with E-state index in [0.717, 1.165) is 128 Å². The minimum Gasteiger partial charge on any atom is -0.756 e. The van der Waals surface area contributed by atoms with Gasteiger partial charge in [-0.1, -0.05) is 297 Å². The van der Waals surface area contributed by atoms with E-state index in [1.807, 2.05) is 33.3 Å². The monoisotopic (exact) mass is 1250 g/mol. The number of hydrogen-bond donors (Lipinski definition) is 1. The summed E-state index contributed by atoms with van der Waals surface area (Å²) in [5.41, 5.74) is 0. The van der Waals surface area contributed by atoms with Crippen LogP contribution in [-0.2, 0) is 27.9 Å². The number of phosphoric ester groups is 1. The molecule has 0 saturated carbocycles. The zero-order chi connectivity index (χ0) is 64.2. The maximum absolute atomic E-state index is 13.6. The van der Waals surface area contributed by atoms with Crippen molar-refractivity contribution in [3.05, 3.63) is 122 Å². The minimum absolute atomic E-state index is 0.0302. The van der Waals surface area contributed by atoms with Crippen LogP contribution in [0.3, 0.4) is 0 Å². The Hall–Kier alpha value is -3.59. The van der Waals surface area contributed by atoms with Crippen LogP contribution in [0.25, 0.3) is 0 Å². The van der Waals surface area contributed by atoms with Crippen molar-refractivity contribution in [2.75, 3.05) is 40.9 Å². The average Bonchev–Trinajstić information content (AvgIpc) is 3.66. The van der Waals surface area contributed by atoms with Gasteiger partial charge in [0.15, 0.2) is 0 Å². The lowest BCUT2D eigenvalue weighted by Crippen LogP contribution is -2.47. The lowest BCUT2D eigenvalue weighted by Gasteiger charge is -2.30. The third-order valence-corrected chi connectivity index (χ3v) is 16.6. The van der Waals surface area contributed by atoms with Gasteiger partial charge in [0.25, 0.3) is 7.82 Å². The van der Waals surface area contributed by atoms with Gasteiger partial charge >= 0.3 is 5.97 Å². The van der Waals surface area contributed by atoms with E-state index >= 15 is 0 Å². The molecular weight excluding hydrogens is 1110 g/mol. The summed E-state index contributed by atoms with van der Waals surface area (Å²) in [6.45, 7) is 6.70. The molecule has 0 aromatic carbocycles. The summed E-state index contributed by atoms with van der Waals surface area (Å²) in [4.78, 5) is 40.2. The minimum atomic E-state index is -4.72. The highest BCUT2D eigenvalue weighted by Gasteiger charge is 2.27. The molecule has 0 fully saturated rings. The van der Waals surface area contributed by atoms with Crippen LogP contribution in [0, 0.1) is 0 Å². The molecule has 0 aliphatic rings. The predicted octanol–water partition coefficient (Wildman–Crippen LogP) is 22.8. The Morgan fingerprint density at radius 3 is 1.11 bits per heavy atom. The first-order chi connectivity index (χ1) is 42.9. The summed E-state index contributed by atoms with van der Waals surface area (Å²) in [5, 5.41) is 3.04. The molecule has 9 nitrogen and oxygen atoms in total. The fourth-order valence-electron chi connectivity index (χ4n) is 10.1. The number of rotatable bonds is 65. The molecule has 0 aliphatic carbocycles. The normalized spacial score (nSPS) is 14.2. The first kappa shape index (κ1) is 84.4. The number of unbranched alkanes of at least 4 members (excludes halogenated alkanes) is 31. The van der Waals surface area contributed by atoms with Crippen molar-refractivity contribution >= 4 is 19.7 Å². The fourth-order valence-corrected chi connectivity index (χ4v) is 10.8. The van der Waals surface area contributed by atoms with Gasteiger partial charge in [0.2, 0.25) is 5.91 Å². The molecule has 506 valence electrons. The maximum Gasteiger partial charge on any atom is 0.306 e. The molecule has 10 heteroatoms. The fraction of sp³-hybridized carbons (Fsp3) is 0.718. The van der Waals surface area contributed by atoms with Gasteiger partial charge in [-0.25, -0.2) is 0 Å². The molecule has 0 heterocycles. The van der Waals surface area contributed by atoms with E-state index in [9.17, 15) is 19.0 Å². The smallest absolute Gasteiger partial charge is 0.306 e. The highest BCUT2D eigenvalue weighted by atomic mass is 31.2. The Balaban J connectivity index is 5.08. The average molecular weight is 1250 g/mol. The van der Waals surface area contributed by atoms with E-state index in [-0.39, 0.29) is 24.9 Å². The number of nitrogens with zero attached hydrogens (tertiary/aromatic N) is 1. The van der Waals surface area contributed by atoms with Crippen LogP contribution < -0.4 is 10.2 Å². The Kier molecular flexibility index (Phi) is 63.6. The number of carbonyl (C=O) groups is 2. The topological polar surface area (TPSA) is 114 Å². The molecule has 0 bridgehead atoms. The number of carbonyl (C=O) groups excluding carboxylic acids is 2. The number of ether oxygens (including phenoxy) is 1. The van der Waals surface area contributed by atoms with Gasteiger partial charge in [0.05, 0.1) is 33.8 Å². The Morgan fingerprint density at radius 2 is 0.727 bits per heavy atom. The summed E-state index contributed by atoms with van der Waals surface area (Å²) in [7, 11) is 1.17. The standard InChI is InChI=1S/C78H137N2O7P/c1-7-10-13-16-19-22-25-28-30-32-34-36-38-39-40-41-43-44-46-48-50-52-55-58-61-64-67-70-77(81)79-75(74-86-88(83,84)85-73-72-80(4,5)6)76(69-66-63-60-57-54-27-24-21-18-15-12-9-3)87-78(82)71-68-65-62-59-56-53-51-49-47-45-42-37-35-33-31-29-26-23-20-17-14-11-8-2/h10,13,19-20,22-23,28-31,34-37,39-40,45,47,66,69,75-76H,7-9,11-12,14-18,21,24-27,32-33,38,41-44,46,48-65,67-68,70-74H2,1-6H3,(H-,79,81,83,84)/b13-10-,22-19-,23-20-,30-28-,31-29-,36-34-,37-35-,40-39-,47-45-,69-66-. The van der Waals surface area contributed by atoms with E-state index in [1.165, 1.54) is 141 Å². The molecule has 0 rings (SSSR count). The molecule has 3 atom stereocenters. The zero-order valence-electron chi connectivity index (χ0n) is 57.9. The van der Waals surface area contributed by atoms with Crippen LogP contribution in [0.4, 0.5) is 0 Å². The van der Waals surface area contributed by atoms with Crippen molar-refractivity contribution < 1.29 is 37.3 Å². The van der Waals surface area contributed by atoms with Gasteiger partial charge in [-0.05, 0) is 122 Å². The first-order valence-electron chi connectivity index (χ1n) is 36.3. The van der Waals surface area contributed by atoms with Crippen LogP contribution in [0.2, 0.25) is 0 Å². The second-order valence-corrected chi connectivity index (χ2v) is 26.8. The summed E-state index contributed by atoms with van der Waals surface area (Å²) < 4.78 is 30.5. The van der Waals surface area contributed by atoms with Crippen molar-refractivity contribution in [1.29, 1.82) is 0 Å². The van der Waals surface area contributed by atoms with Gasteiger partial charge < -0.3 is 28.5 Å². The Labute approximate surface area is 543 Å². The molecule has 0 radical (unpaired) electrons. The highest BCUT2D eigenvalue weighted by Crippen LogP contribution is 2.38. The number of hydrogen-bond acceptors (Lipinski definition) is 7. The quantitative estimate of drug-likeness (QED) is 0.0212. The van der Waals surface area contributed by atoms with Crippen LogP contribution in [0.5, 0.6) is 0 Å². The van der Waals surface area contributed by atoms with Crippen molar-refractivity contribution in [2.24, 2.45) is 0 Å². The van der Waals surface area contributed by atoms with Gasteiger partial charge in [-0.2, -0.15) is 0 Å². The number of likely N-dealkylation sites (N-methyl/N-ethyl adjacent to an activating group) is 1. The van der Waals surface area contributed by atoms with Gasteiger partial charge in [-0.3, -0.25) is 14.2 Å². The number of allylic oxidation sites excluding steroid dienone is 19. The van der Waals surface area contributed by atoms with Crippen LogP contribution in [-0.4, -0.2) is 69.4 Å². The summed E-state index contributed by atoms with van der Waals surface area (Å²) in [5.74, 6) is -0.557.